The van der Waals surface area contributed by atoms with Gasteiger partial charge in [0.05, 0.1) is 17.3 Å². The SMILES string of the molecule is CCCNC(c1ccc(C(F)(F)F)cn1)C1CCC1. The zero-order valence-electron chi connectivity index (χ0n) is 11.0. The van der Waals surface area contributed by atoms with Crippen molar-refractivity contribution in [2.45, 2.75) is 44.8 Å². The van der Waals surface area contributed by atoms with Crippen molar-refractivity contribution in [3.63, 3.8) is 0 Å². The van der Waals surface area contributed by atoms with Crippen LogP contribution in [0.5, 0.6) is 0 Å². The molecule has 2 rings (SSSR count). The number of hydrogen-bond acceptors (Lipinski definition) is 2. The third-order valence-corrected chi connectivity index (χ3v) is 3.67. The molecule has 1 aliphatic rings. The molecule has 0 bridgehead atoms. The second-order valence-corrected chi connectivity index (χ2v) is 5.09. The predicted octanol–water partition coefficient (Wildman–Crippen LogP) is 3.94. The Bertz CT molecular complexity index is 396. The number of alkyl halides is 3. The molecular weight excluding hydrogens is 253 g/mol. The van der Waals surface area contributed by atoms with Crippen LogP contribution in [-0.2, 0) is 6.18 Å². The van der Waals surface area contributed by atoms with Gasteiger partial charge in [0.25, 0.3) is 0 Å². The molecule has 19 heavy (non-hydrogen) atoms. The van der Waals surface area contributed by atoms with Crippen molar-refractivity contribution in [2.24, 2.45) is 5.92 Å². The van der Waals surface area contributed by atoms with Crippen LogP contribution in [0, 0.1) is 5.92 Å². The third-order valence-electron chi connectivity index (χ3n) is 3.67. The molecule has 1 unspecified atom stereocenters. The van der Waals surface area contributed by atoms with E-state index in [-0.39, 0.29) is 6.04 Å². The van der Waals surface area contributed by atoms with E-state index in [0.717, 1.165) is 43.8 Å². The minimum Gasteiger partial charge on any atom is -0.308 e. The maximum atomic E-state index is 12.5. The Labute approximate surface area is 111 Å². The summed E-state index contributed by atoms with van der Waals surface area (Å²) in [5, 5.41) is 3.40. The fourth-order valence-electron chi connectivity index (χ4n) is 2.34. The molecule has 0 spiro atoms. The van der Waals surface area contributed by atoms with Gasteiger partial charge in [0.15, 0.2) is 0 Å². The van der Waals surface area contributed by atoms with Crippen LogP contribution in [0.15, 0.2) is 18.3 Å². The lowest BCUT2D eigenvalue weighted by atomic mass is 9.78. The van der Waals surface area contributed by atoms with Gasteiger partial charge in [-0.25, -0.2) is 0 Å². The van der Waals surface area contributed by atoms with Gasteiger partial charge in [0, 0.05) is 6.20 Å². The monoisotopic (exact) mass is 272 g/mol. The fraction of sp³-hybridized carbons (Fsp3) is 0.643. The molecule has 1 atom stereocenters. The number of nitrogens with one attached hydrogen (secondary N) is 1. The first-order valence-electron chi connectivity index (χ1n) is 6.79. The van der Waals surface area contributed by atoms with Crippen molar-refractivity contribution in [3.05, 3.63) is 29.6 Å². The summed E-state index contributed by atoms with van der Waals surface area (Å²) in [6.45, 7) is 2.94. The number of aromatic nitrogens is 1. The summed E-state index contributed by atoms with van der Waals surface area (Å²) < 4.78 is 37.5. The van der Waals surface area contributed by atoms with Crippen LogP contribution in [0.25, 0.3) is 0 Å². The lowest BCUT2D eigenvalue weighted by Crippen LogP contribution is -2.33. The lowest BCUT2D eigenvalue weighted by molar-refractivity contribution is -0.137. The zero-order chi connectivity index (χ0) is 13.9. The molecule has 0 aromatic carbocycles. The molecule has 1 aliphatic carbocycles. The first kappa shape index (κ1) is 14.3. The van der Waals surface area contributed by atoms with Crippen molar-refractivity contribution >= 4 is 0 Å². The summed E-state index contributed by atoms with van der Waals surface area (Å²) in [5.41, 5.74) is 0.0465. The van der Waals surface area contributed by atoms with Crippen LogP contribution in [0.3, 0.4) is 0 Å². The third kappa shape index (κ3) is 3.47. The van der Waals surface area contributed by atoms with Crippen LogP contribution in [0.2, 0.25) is 0 Å². The van der Waals surface area contributed by atoms with Gasteiger partial charge < -0.3 is 5.32 Å². The smallest absolute Gasteiger partial charge is 0.308 e. The normalized spacial score (nSPS) is 18.1. The van der Waals surface area contributed by atoms with Crippen molar-refractivity contribution in [2.75, 3.05) is 6.54 Å². The molecule has 1 aromatic rings. The Morgan fingerprint density at radius 2 is 2.11 bits per heavy atom. The average molecular weight is 272 g/mol. The van der Waals surface area contributed by atoms with E-state index in [0.29, 0.717) is 5.92 Å². The van der Waals surface area contributed by atoms with Gasteiger partial charge in [-0.05, 0) is 43.9 Å². The predicted molar refractivity (Wildman–Crippen MR) is 67.6 cm³/mol. The van der Waals surface area contributed by atoms with Crippen molar-refractivity contribution in [3.8, 4) is 0 Å². The molecule has 1 fully saturated rings. The minimum atomic E-state index is -4.31. The van der Waals surface area contributed by atoms with E-state index in [2.05, 4.69) is 17.2 Å². The Morgan fingerprint density at radius 1 is 1.37 bits per heavy atom. The molecule has 1 saturated carbocycles. The van der Waals surface area contributed by atoms with E-state index in [9.17, 15) is 13.2 Å². The molecule has 0 saturated heterocycles. The Kier molecular flexibility index (Phi) is 4.45. The summed E-state index contributed by atoms with van der Waals surface area (Å²) in [5.74, 6) is 0.510. The van der Waals surface area contributed by atoms with E-state index >= 15 is 0 Å². The van der Waals surface area contributed by atoms with Crippen LogP contribution in [0.1, 0.15) is 49.9 Å². The molecule has 1 heterocycles. The largest absolute Gasteiger partial charge is 0.417 e. The summed E-state index contributed by atoms with van der Waals surface area (Å²) in [6, 6.07) is 2.73. The van der Waals surface area contributed by atoms with Gasteiger partial charge in [-0.15, -0.1) is 0 Å². The number of rotatable bonds is 5. The van der Waals surface area contributed by atoms with E-state index < -0.39 is 11.7 Å². The van der Waals surface area contributed by atoms with E-state index in [4.69, 9.17) is 0 Å². The van der Waals surface area contributed by atoms with E-state index in [1.807, 2.05) is 0 Å². The Morgan fingerprint density at radius 3 is 2.53 bits per heavy atom. The fourth-order valence-corrected chi connectivity index (χ4v) is 2.34. The maximum absolute atomic E-state index is 12.5. The van der Waals surface area contributed by atoms with Gasteiger partial charge in [0.2, 0.25) is 0 Å². The lowest BCUT2D eigenvalue weighted by Gasteiger charge is -2.34. The standard InChI is InChI=1S/C14H19F3N2/c1-2-8-18-13(10-4-3-5-10)12-7-6-11(9-19-12)14(15,16)17/h6-7,9-10,13,18H,2-5,8H2,1H3. The number of halogens is 3. The highest BCUT2D eigenvalue weighted by atomic mass is 19.4. The van der Waals surface area contributed by atoms with Crippen molar-refractivity contribution in [1.29, 1.82) is 0 Å². The van der Waals surface area contributed by atoms with E-state index in [1.54, 1.807) is 0 Å². The summed E-state index contributed by atoms with van der Waals surface area (Å²) >= 11 is 0. The summed E-state index contributed by atoms with van der Waals surface area (Å²) in [4.78, 5) is 4.02. The number of nitrogens with zero attached hydrogens (tertiary/aromatic N) is 1. The van der Waals surface area contributed by atoms with Crippen LogP contribution in [0.4, 0.5) is 13.2 Å². The van der Waals surface area contributed by atoms with Crippen molar-refractivity contribution in [1.82, 2.24) is 10.3 Å². The van der Waals surface area contributed by atoms with Crippen LogP contribution < -0.4 is 5.32 Å². The van der Waals surface area contributed by atoms with E-state index in [1.165, 1.54) is 12.5 Å². The highest BCUT2D eigenvalue weighted by molar-refractivity contribution is 5.19. The Balaban J connectivity index is 2.12. The molecular formula is C14H19F3N2. The highest BCUT2D eigenvalue weighted by Crippen LogP contribution is 2.37. The Hall–Kier alpha value is -1.10. The zero-order valence-corrected chi connectivity index (χ0v) is 11.0. The van der Waals surface area contributed by atoms with Crippen LogP contribution >= 0.6 is 0 Å². The van der Waals surface area contributed by atoms with Gasteiger partial charge in [-0.1, -0.05) is 13.3 Å². The topological polar surface area (TPSA) is 24.9 Å². The van der Waals surface area contributed by atoms with Gasteiger partial charge in [0.1, 0.15) is 0 Å². The summed E-state index contributed by atoms with van der Waals surface area (Å²) in [7, 11) is 0. The molecule has 0 aliphatic heterocycles. The average Bonchev–Trinajstić information content (AvgIpc) is 2.31. The maximum Gasteiger partial charge on any atom is 0.417 e. The first-order chi connectivity index (χ1) is 9.02. The quantitative estimate of drug-likeness (QED) is 0.878. The molecule has 0 radical (unpaired) electrons. The van der Waals surface area contributed by atoms with Gasteiger partial charge in [-0.3, -0.25) is 4.98 Å². The number of pyridine rings is 1. The summed E-state index contributed by atoms with van der Waals surface area (Å²) in [6.07, 6.45) is 1.09. The number of hydrogen-bond donors (Lipinski definition) is 1. The molecule has 106 valence electrons. The molecule has 1 aromatic heterocycles. The van der Waals surface area contributed by atoms with Gasteiger partial charge >= 0.3 is 6.18 Å². The highest BCUT2D eigenvalue weighted by Gasteiger charge is 2.32. The molecule has 2 nitrogen and oxygen atoms in total. The molecule has 5 heteroatoms. The molecule has 0 amide bonds. The molecule has 1 N–H and O–H groups in total. The second kappa shape index (κ2) is 5.90. The first-order valence-corrected chi connectivity index (χ1v) is 6.79. The van der Waals surface area contributed by atoms with Gasteiger partial charge in [-0.2, -0.15) is 13.2 Å². The van der Waals surface area contributed by atoms with Crippen molar-refractivity contribution < 1.29 is 13.2 Å². The minimum absolute atomic E-state index is 0.0935. The van der Waals surface area contributed by atoms with Crippen LogP contribution in [-0.4, -0.2) is 11.5 Å². The second-order valence-electron chi connectivity index (χ2n) is 5.09.